The van der Waals surface area contributed by atoms with E-state index in [1.165, 1.54) is 0 Å². The minimum absolute atomic E-state index is 0.810. The zero-order chi connectivity index (χ0) is 11.5. The topological polar surface area (TPSA) is 50.7 Å². The lowest BCUT2D eigenvalue weighted by molar-refractivity contribution is 1.11. The van der Waals surface area contributed by atoms with Crippen LogP contribution in [0, 0.1) is 13.8 Å². The molecule has 0 aromatic carbocycles. The van der Waals surface area contributed by atoms with Crippen LogP contribution in [0.5, 0.6) is 0 Å². The molecule has 0 fully saturated rings. The van der Waals surface area contributed by atoms with Crippen LogP contribution < -0.4 is 5.32 Å². The summed E-state index contributed by atoms with van der Waals surface area (Å²) in [5.41, 5.74) is 3.86. The van der Waals surface area contributed by atoms with E-state index in [0.717, 1.165) is 28.3 Å². The number of anilines is 1. The summed E-state index contributed by atoms with van der Waals surface area (Å²) in [6.07, 6.45) is 5.39. The fourth-order valence-electron chi connectivity index (χ4n) is 1.56. The lowest BCUT2D eigenvalue weighted by atomic mass is 10.2. The number of rotatable bonds is 2. The van der Waals surface area contributed by atoms with E-state index in [4.69, 9.17) is 0 Å². The van der Waals surface area contributed by atoms with Crippen LogP contribution in [0.1, 0.15) is 11.3 Å². The van der Waals surface area contributed by atoms with E-state index >= 15 is 0 Å². The van der Waals surface area contributed by atoms with Crippen LogP contribution in [-0.2, 0) is 0 Å². The molecule has 2 aromatic heterocycles. The van der Waals surface area contributed by atoms with Crippen molar-refractivity contribution in [1.82, 2.24) is 15.0 Å². The van der Waals surface area contributed by atoms with Crippen LogP contribution in [0.2, 0.25) is 0 Å². The summed E-state index contributed by atoms with van der Waals surface area (Å²) in [6, 6.07) is 2.05. The first-order valence-corrected chi connectivity index (χ1v) is 5.14. The lowest BCUT2D eigenvalue weighted by Gasteiger charge is -2.06. The van der Waals surface area contributed by atoms with Gasteiger partial charge in [-0.25, -0.2) is 9.97 Å². The van der Waals surface area contributed by atoms with Crippen molar-refractivity contribution in [2.75, 3.05) is 12.4 Å². The molecule has 2 aromatic rings. The van der Waals surface area contributed by atoms with Gasteiger partial charge >= 0.3 is 0 Å². The minimum Gasteiger partial charge on any atom is -0.372 e. The molecule has 16 heavy (non-hydrogen) atoms. The van der Waals surface area contributed by atoms with Gasteiger partial charge in [-0.3, -0.25) is 4.98 Å². The predicted molar refractivity (Wildman–Crippen MR) is 64.3 cm³/mol. The molecule has 0 radical (unpaired) electrons. The Morgan fingerprint density at radius 1 is 1.12 bits per heavy atom. The van der Waals surface area contributed by atoms with Crippen molar-refractivity contribution >= 4 is 5.82 Å². The fraction of sp³-hybridized carbons (Fsp3) is 0.250. The summed E-state index contributed by atoms with van der Waals surface area (Å²) in [5, 5.41) is 3.00. The maximum absolute atomic E-state index is 4.49. The zero-order valence-electron chi connectivity index (χ0n) is 9.65. The van der Waals surface area contributed by atoms with Crippen molar-refractivity contribution in [3.8, 4) is 11.3 Å². The fourth-order valence-corrected chi connectivity index (χ4v) is 1.56. The van der Waals surface area contributed by atoms with Gasteiger partial charge in [0.25, 0.3) is 0 Å². The number of aromatic nitrogens is 3. The Hall–Kier alpha value is -1.97. The predicted octanol–water partition coefficient (Wildman–Crippen LogP) is 2.20. The van der Waals surface area contributed by atoms with Gasteiger partial charge < -0.3 is 5.32 Å². The third kappa shape index (κ3) is 2.00. The van der Waals surface area contributed by atoms with Crippen LogP contribution in [0.3, 0.4) is 0 Å². The normalized spacial score (nSPS) is 10.2. The summed E-state index contributed by atoms with van der Waals surface area (Å²) in [5.74, 6) is 0.810. The SMILES string of the molecule is CNc1ncc(-c2cncc(C)c2)nc1C. The Morgan fingerprint density at radius 3 is 2.56 bits per heavy atom. The van der Waals surface area contributed by atoms with Gasteiger partial charge in [0.15, 0.2) is 0 Å². The minimum atomic E-state index is 0.810. The molecule has 0 aliphatic heterocycles. The molecular formula is C12H14N4. The van der Waals surface area contributed by atoms with Crippen LogP contribution in [0.15, 0.2) is 24.7 Å². The van der Waals surface area contributed by atoms with Crippen molar-refractivity contribution < 1.29 is 0 Å². The van der Waals surface area contributed by atoms with Crippen molar-refractivity contribution in [1.29, 1.82) is 0 Å². The standard InChI is InChI=1S/C12H14N4/c1-8-4-10(6-14-5-8)11-7-15-12(13-3)9(2)16-11/h4-7H,1-3H3,(H,13,15). The van der Waals surface area contributed by atoms with E-state index in [-0.39, 0.29) is 0 Å². The molecule has 82 valence electrons. The van der Waals surface area contributed by atoms with Crippen LogP contribution in [-0.4, -0.2) is 22.0 Å². The number of nitrogens with one attached hydrogen (secondary N) is 1. The van der Waals surface area contributed by atoms with Gasteiger partial charge in [0.2, 0.25) is 0 Å². The largest absolute Gasteiger partial charge is 0.372 e. The molecule has 0 atom stereocenters. The van der Waals surface area contributed by atoms with Crippen molar-refractivity contribution in [2.24, 2.45) is 0 Å². The number of hydrogen-bond acceptors (Lipinski definition) is 4. The molecular weight excluding hydrogens is 200 g/mol. The number of pyridine rings is 1. The first-order chi connectivity index (χ1) is 7.70. The third-order valence-electron chi connectivity index (χ3n) is 2.35. The van der Waals surface area contributed by atoms with Crippen LogP contribution >= 0.6 is 0 Å². The van der Waals surface area contributed by atoms with E-state index in [9.17, 15) is 0 Å². The Kier molecular flexibility index (Phi) is 2.81. The molecule has 1 N–H and O–H groups in total. The molecule has 0 saturated heterocycles. The molecule has 0 aliphatic carbocycles. The molecule has 4 nitrogen and oxygen atoms in total. The monoisotopic (exact) mass is 214 g/mol. The summed E-state index contributed by atoms with van der Waals surface area (Å²) >= 11 is 0. The second-order valence-electron chi connectivity index (χ2n) is 3.69. The highest BCUT2D eigenvalue weighted by molar-refractivity contribution is 5.59. The second-order valence-corrected chi connectivity index (χ2v) is 3.69. The van der Waals surface area contributed by atoms with Crippen molar-refractivity contribution in [3.63, 3.8) is 0 Å². The number of nitrogens with zero attached hydrogens (tertiary/aromatic N) is 3. The quantitative estimate of drug-likeness (QED) is 0.832. The molecule has 4 heteroatoms. The average Bonchev–Trinajstić information content (AvgIpc) is 2.29. The Bertz CT molecular complexity index is 508. The molecule has 2 rings (SSSR count). The van der Waals surface area contributed by atoms with Crippen molar-refractivity contribution in [3.05, 3.63) is 35.9 Å². The molecule has 2 heterocycles. The lowest BCUT2D eigenvalue weighted by Crippen LogP contribution is -1.99. The van der Waals surface area contributed by atoms with E-state index in [1.54, 1.807) is 12.4 Å². The Balaban J connectivity index is 2.45. The maximum Gasteiger partial charge on any atom is 0.147 e. The molecule has 0 unspecified atom stereocenters. The van der Waals surface area contributed by atoms with Gasteiger partial charge in [0.05, 0.1) is 17.6 Å². The zero-order valence-corrected chi connectivity index (χ0v) is 9.65. The number of aryl methyl sites for hydroxylation is 2. The van der Waals surface area contributed by atoms with Crippen LogP contribution in [0.4, 0.5) is 5.82 Å². The molecule has 0 aliphatic rings. The summed E-state index contributed by atoms with van der Waals surface area (Å²) in [6.45, 7) is 3.95. The highest BCUT2D eigenvalue weighted by Crippen LogP contribution is 2.18. The Labute approximate surface area is 94.8 Å². The highest BCUT2D eigenvalue weighted by atomic mass is 15.0. The van der Waals surface area contributed by atoms with Gasteiger partial charge in [-0.05, 0) is 25.5 Å². The second kappa shape index (κ2) is 4.26. The van der Waals surface area contributed by atoms with Crippen LogP contribution in [0.25, 0.3) is 11.3 Å². The van der Waals surface area contributed by atoms with E-state index in [1.807, 2.05) is 27.1 Å². The summed E-state index contributed by atoms with van der Waals surface area (Å²) < 4.78 is 0. The van der Waals surface area contributed by atoms with E-state index in [2.05, 4.69) is 26.3 Å². The molecule has 0 bridgehead atoms. The van der Waals surface area contributed by atoms with Gasteiger partial charge in [0.1, 0.15) is 5.82 Å². The van der Waals surface area contributed by atoms with E-state index < -0.39 is 0 Å². The number of hydrogen-bond donors (Lipinski definition) is 1. The Morgan fingerprint density at radius 2 is 1.94 bits per heavy atom. The third-order valence-corrected chi connectivity index (χ3v) is 2.35. The first-order valence-electron chi connectivity index (χ1n) is 5.14. The first kappa shape index (κ1) is 10.5. The highest BCUT2D eigenvalue weighted by Gasteiger charge is 2.04. The van der Waals surface area contributed by atoms with Gasteiger partial charge in [0, 0.05) is 25.0 Å². The van der Waals surface area contributed by atoms with E-state index in [0.29, 0.717) is 0 Å². The average molecular weight is 214 g/mol. The maximum atomic E-state index is 4.49. The smallest absolute Gasteiger partial charge is 0.147 e. The van der Waals surface area contributed by atoms with Gasteiger partial charge in [-0.2, -0.15) is 0 Å². The molecule has 0 amide bonds. The van der Waals surface area contributed by atoms with Gasteiger partial charge in [-0.15, -0.1) is 0 Å². The summed E-state index contributed by atoms with van der Waals surface area (Å²) in [4.78, 5) is 12.9. The molecule has 0 saturated carbocycles. The van der Waals surface area contributed by atoms with Crippen molar-refractivity contribution in [2.45, 2.75) is 13.8 Å². The summed E-state index contributed by atoms with van der Waals surface area (Å²) in [7, 11) is 1.84. The molecule has 0 spiro atoms. The van der Waals surface area contributed by atoms with Gasteiger partial charge in [-0.1, -0.05) is 0 Å².